The minimum Gasteiger partial charge on any atom is -0.491 e. The van der Waals surface area contributed by atoms with E-state index < -0.39 is 0 Å². The van der Waals surface area contributed by atoms with E-state index >= 15 is 0 Å². The number of hydrogen-bond donors (Lipinski definition) is 2. The van der Waals surface area contributed by atoms with Gasteiger partial charge >= 0.3 is 0 Å². The van der Waals surface area contributed by atoms with Gasteiger partial charge in [-0.25, -0.2) is 0 Å². The summed E-state index contributed by atoms with van der Waals surface area (Å²) in [4.78, 5) is 11.2. The summed E-state index contributed by atoms with van der Waals surface area (Å²) in [7, 11) is 0. The van der Waals surface area contributed by atoms with Gasteiger partial charge in [-0.15, -0.1) is 0 Å². The molecule has 0 aliphatic heterocycles. The van der Waals surface area contributed by atoms with Crippen LogP contribution in [0.1, 0.15) is 20.3 Å². The summed E-state index contributed by atoms with van der Waals surface area (Å²) in [5.74, 6) is 0.482. The molecule has 0 radical (unpaired) electrons. The molecule has 112 valence electrons. The third kappa shape index (κ3) is 7.11. The Kier molecular flexibility index (Phi) is 7.69. The molecule has 20 heavy (non-hydrogen) atoms. The molecule has 3 N–H and O–H groups in total. The number of ether oxygens (including phenoxy) is 2. The predicted octanol–water partition coefficient (Wildman–Crippen LogP) is 1.32. The Hall–Kier alpha value is -1.59. The summed E-state index contributed by atoms with van der Waals surface area (Å²) in [6.07, 6.45) is 0.568. The molecule has 0 saturated heterocycles. The molecule has 0 saturated carbocycles. The second-order valence-corrected chi connectivity index (χ2v) is 4.84. The maximum absolute atomic E-state index is 11.2. The van der Waals surface area contributed by atoms with Crippen LogP contribution in [0.5, 0.6) is 5.75 Å². The average Bonchev–Trinajstić information content (AvgIpc) is 2.41. The second-order valence-electron chi connectivity index (χ2n) is 4.84. The number of benzene rings is 1. The molecule has 0 spiro atoms. The zero-order valence-corrected chi connectivity index (χ0v) is 12.2. The molecule has 5 heteroatoms. The van der Waals surface area contributed by atoms with Crippen LogP contribution in [0.3, 0.4) is 0 Å². The first kappa shape index (κ1) is 16.5. The standard InChI is InChI=1S/C15H24N2O3/c1-12(2)17-14(15(16)18)8-9-19-10-11-20-13-6-4-3-5-7-13/h3-7,12,14,17H,8-11H2,1-2H3,(H2,16,18). The van der Waals surface area contributed by atoms with Gasteiger partial charge in [0.2, 0.25) is 5.91 Å². The first-order chi connectivity index (χ1) is 9.59. The lowest BCUT2D eigenvalue weighted by Crippen LogP contribution is -2.45. The number of carbonyl (C=O) groups is 1. The number of nitrogens with one attached hydrogen (secondary N) is 1. The van der Waals surface area contributed by atoms with Crippen molar-refractivity contribution >= 4 is 5.91 Å². The fourth-order valence-corrected chi connectivity index (χ4v) is 1.75. The number of hydrogen-bond acceptors (Lipinski definition) is 4. The number of para-hydroxylation sites is 1. The Bertz CT molecular complexity index is 382. The van der Waals surface area contributed by atoms with Crippen molar-refractivity contribution in [2.24, 2.45) is 5.73 Å². The van der Waals surface area contributed by atoms with E-state index in [1.165, 1.54) is 0 Å². The molecular weight excluding hydrogens is 256 g/mol. The third-order valence-electron chi connectivity index (χ3n) is 2.67. The molecule has 1 atom stereocenters. The van der Waals surface area contributed by atoms with E-state index in [9.17, 15) is 4.79 Å². The number of nitrogens with two attached hydrogens (primary N) is 1. The molecule has 1 amide bonds. The highest BCUT2D eigenvalue weighted by Crippen LogP contribution is 2.07. The van der Waals surface area contributed by atoms with Crippen LogP contribution in [0.15, 0.2) is 30.3 Å². The van der Waals surface area contributed by atoms with Gasteiger partial charge in [0.1, 0.15) is 12.4 Å². The van der Waals surface area contributed by atoms with Crippen LogP contribution in [0, 0.1) is 0 Å². The van der Waals surface area contributed by atoms with Crippen molar-refractivity contribution in [1.82, 2.24) is 5.32 Å². The normalized spacial score (nSPS) is 12.3. The fourth-order valence-electron chi connectivity index (χ4n) is 1.75. The van der Waals surface area contributed by atoms with Crippen LogP contribution in [-0.4, -0.2) is 37.8 Å². The van der Waals surface area contributed by atoms with Gasteiger partial charge in [-0.05, 0) is 18.6 Å². The van der Waals surface area contributed by atoms with Gasteiger partial charge in [-0.2, -0.15) is 0 Å². The van der Waals surface area contributed by atoms with Crippen molar-refractivity contribution in [3.05, 3.63) is 30.3 Å². The van der Waals surface area contributed by atoms with E-state index in [-0.39, 0.29) is 18.0 Å². The van der Waals surface area contributed by atoms with Crippen molar-refractivity contribution in [2.75, 3.05) is 19.8 Å². The molecule has 5 nitrogen and oxygen atoms in total. The van der Waals surface area contributed by atoms with E-state index in [1.807, 2.05) is 44.2 Å². The molecule has 1 aromatic carbocycles. The molecule has 1 unspecified atom stereocenters. The minimum absolute atomic E-state index is 0.217. The fraction of sp³-hybridized carbons (Fsp3) is 0.533. The first-order valence-electron chi connectivity index (χ1n) is 6.90. The second kappa shape index (κ2) is 9.34. The zero-order chi connectivity index (χ0) is 14.8. The van der Waals surface area contributed by atoms with Crippen LogP contribution < -0.4 is 15.8 Å². The Morgan fingerprint density at radius 1 is 1.20 bits per heavy atom. The van der Waals surface area contributed by atoms with Crippen LogP contribution in [0.4, 0.5) is 0 Å². The van der Waals surface area contributed by atoms with Crippen molar-refractivity contribution in [1.29, 1.82) is 0 Å². The van der Waals surface area contributed by atoms with Crippen molar-refractivity contribution < 1.29 is 14.3 Å². The molecule has 0 bridgehead atoms. The summed E-state index contributed by atoms with van der Waals surface area (Å²) in [6, 6.07) is 9.45. The highest BCUT2D eigenvalue weighted by molar-refractivity contribution is 5.79. The largest absolute Gasteiger partial charge is 0.491 e. The summed E-state index contributed by atoms with van der Waals surface area (Å²) in [5.41, 5.74) is 5.32. The van der Waals surface area contributed by atoms with Gasteiger partial charge in [0.15, 0.2) is 0 Å². The van der Waals surface area contributed by atoms with Crippen molar-refractivity contribution in [2.45, 2.75) is 32.4 Å². The molecule has 0 fully saturated rings. The molecule has 1 rings (SSSR count). The molecule has 0 aliphatic rings. The lowest BCUT2D eigenvalue weighted by atomic mass is 10.2. The van der Waals surface area contributed by atoms with Crippen molar-refractivity contribution in [3.8, 4) is 5.75 Å². The van der Waals surface area contributed by atoms with E-state index in [0.717, 1.165) is 5.75 Å². The summed E-state index contributed by atoms with van der Waals surface area (Å²) < 4.78 is 10.9. The molecule has 0 heterocycles. The number of primary amides is 1. The molecule has 0 aliphatic carbocycles. The average molecular weight is 280 g/mol. The predicted molar refractivity (Wildman–Crippen MR) is 78.6 cm³/mol. The summed E-state index contributed by atoms with van der Waals surface area (Å²) in [6.45, 7) is 5.41. The highest BCUT2D eigenvalue weighted by atomic mass is 16.5. The Morgan fingerprint density at radius 3 is 2.50 bits per heavy atom. The maximum Gasteiger partial charge on any atom is 0.234 e. The van der Waals surface area contributed by atoms with E-state index in [4.69, 9.17) is 15.2 Å². The van der Waals surface area contributed by atoms with Crippen LogP contribution >= 0.6 is 0 Å². The third-order valence-corrected chi connectivity index (χ3v) is 2.67. The van der Waals surface area contributed by atoms with E-state index in [1.54, 1.807) is 0 Å². The lowest BCUT2D eigenvalue weighted by molar-refractivity contribution is -0.120. The Labute approximate surface area is 120 Å². The smallest absolute Gasteiger partial charge is 0.234 e. The highest BCUT2D eigenvalue weighted by Gasteiger charge is 2.15. The number of amides is 1. The van der Waals surface area contributed by atoms with E-state index in [2.05, 4.69) is 5.32 Å². The summed E-state index contributed by atoms with van der Waals surface area (Å²) >= 11 is 0. The molecule has 1 aromatic rings. The quantitative estimate of drug-likeness (QED) is 0.634. The van der Waals surface area contributed by atoms with Crippen LogP contribution in [-0.2, 0) is 9.53 Å². The first-order valence-corrected chi connectivity index (χ1v) is 6.90. The Balaban J connectivity index is 2.10. The molecular formula is C15H24N2O3. The number of carbonyl (C=O) groups excluding carboxylic acids is 1. The lowest BCUT2D eigenvalue weighted by Gasteiger charge is -2.18. The van der Waals surface area contributed by atoms with Crippen LogP contribution in [0.2, 0.25) is 0 Å². The summed E-state index contributed by atoms with van der Waals surface area (Å²) in [5, 5.41) is 3.11. The van der Waals surface area contributed by atoms with Gasteiger partial charge in [-0.1, -0.05) is 32.0 Å². The van der Waals surface area contributed by atoms with Crippen molar-refractivity contribution in [3.63, 3.8) is 0 Å². The SMILES string of the molecule is CC(C)NC(CCOCCOc1ccccc1)C(N)=O. The monoisotopic (exact) mass is 280 g/mol. The number of rotatable bonds is 10. The van der Waals surface area contributed by atoms with Crippen LogP contribution in [0.25, 0.3) is 0 Å². The maximum atomic E-state index is 11.2. The topological polar surface area (TPSA) is 73.6 Å². The van der Waals surface area contributed by atoms with Gasteiger partial charge in [0, 0.05) is 12.6 Å². The minimum atomic E-state index is -0.345. The van der Waals surface area contributed by atoms with E-state index in [0.29, 0.717) is 26.2 Å². The van der Waals surface area contributed by atoms with Gasteiger partial charge in [0.05, 0.1) is 12.6 Å². The van der Waals surface area contributed by atoms with Gasteiger partial charge < -0.3 is 20.5 Å². The molecule has 0 aromatic heterocycles. The zero-order valence-electron chi connectivity index (χ0n) is 12.2. The Morgan fingerprint density at radius 2 is 1.90 bits per heavy atom. The van der Waals surface area contributed by atoms with Gasteiger partial charge in [0.25, 0.3) is 0 Å². The van der Waals surface area contributed by atoms with Gasteiger partial charge in [-0.3, -0.25) is 4.79 Å².